The third kappa shape index (κ3) is 4.52. The molecular formula is C13H27NO. The third-order valence-corrected chi connectivity index (χ3v) is 3.48. The van der Waals surface area contributed by atoms with Crippen molar-refractivity contribution >= 4 is 0 Å². The molecule has 90 valence electrons. The van der Waals surface area contributed by atoms with Crippen LogP contribution in [0.15, 0.2) is 0 Å². The molecule has 0 radical (unpaired) electrons. The maximum Gasteiger partial charge on any atom is 0.0494 e. The molecule has 0 bridgehead atoms. The van der Waals surface area contributed by atoms with Crippen molar-refractivity contribution in [2.75, 3.05) is 13.2 Å². The van der Waals surface area contributed by atoms with Gasteiger partial charge >= 0.3 is 0 Å². The number of aliphatic hydroxyl groups is 1. The van der Waals surface area contributed by atoms with Gasteiger partial charge in [-0.3, -0.25) is 0 Å². The van der Waals surface area contributed by atoms with E-state index in [1.165, 1.54) is 19.3 Å². The van der Waals surface area contributed by atoms with Gasteiger partial charge in [0.15, 0.2) is 0 Å². The van der Waals surface area contributed by atoms with Crippen molar-refractivity contribution in [3.8, 4) is 0 Å². The molecule has 0 heterocycles. The summed E-state index contributed by atoms with van der Waals surface area (Å²) in [7, 11) is 0. The van der Waals surface area contributed by atoms with Gasteiger partial charge in [-0.25, -0.2) is 0 Å². The highest BCUT2D eigenvalue weighted by atomic mass is 16.3. The molecule has 1 fully saturated rings. The summed E-state index contributed by atoms with van der Waals surface area (Å²) in [4.78, 5) is 0. The van der Waals surface area contributed by atoms with E-state index in [1.807, 2.05) is 0 Å². The first-order chi connectivity index (χ1) is 6.93. The molecule has 0 amide bonds. The Hall–Kier alpha value is -0.0800. The number of rotatable bonds is 4. The fourth-order valence-electron chi connectivity index (χ4n) is 2.59. The second kappa shape index (κ2) is 5.31. The minimum Gasteiger partial charge on any atom is -0.396 e. The third-order valence-electron chi connectivity index (χ3n) is 3.48. The van der Waals surface area contributed by atoms with Crippen LogP contribution in [0.4, 0.5) is 0 Å². The highest BCUT2D eigenvalue weighted by Gasteiger charge is 2.25. The normalized spacial score (nSPS) is 33.0. The van der Waals surface area contributed by atoms with Crippen molar-refractivity contribution in [3.05, 3.63) is 0 Å². The lowest BCUT2D eigenvalue weighted by Crippen LogP contribution is -2.42. The Kier molecular flexibility index (Phi) is 4.60. The monoisotopic (exact) mass is 213 g/mol. The Bertz CT molecular complexity index is 181. The van der Waals surface area contributed by atoms with Crippen LogP contribution in [0.2, 0.25) is 0 Å². The molecule has 2 N–H and O–H groups in total. The van der Waals surface area contributed by atoms with Crippen LogP contribution in [0.5, 0.6) is 0 Å². The molecule has 1 aliphatic carbocycles. The zero-order valence-electron chi connectivity index (χ0n) is 10.7. The standard InChI is InChI=1S/C13H27NO/c1-10-5-11(2)7-12(6-10)14-8-13(3,4)9-15/h10-12,14-15H,5-9H2,1-4H3. The molecule has 0 spiro atoms. The van der Waals surface area contributed by atoms with Gasteiger partial charge in [0.05, 0.1) is 0 Å². The van der Waals surface area contributed by atoms with Crippen LogP contribution in [0, 0.1) is 17.3 Å². The summed E-state index contributed by atoms with van der Waals surface area (Å²) >= 11 is 0. The minimum atomic E-state index is 0.0178. The molecule has 1 saturated carbocycles. The Morgan fingerprint density at radius 2 is 1.67 bits per heavy atom. The van der Waals surface area contributed by atoms with Crippen molar-refractivity contribution in [2.45, 2.75) is 53.0 Å². The summed E-state index contributed by atoms with van der Waals surface area (Å²) in [6, 6.07) is 0.662. The second-order valence-corrected chi connectivity index (χ2v) is 6.32. The second-order valence-electron chi connectivity index (χ2n) is 6.32. The smallest absolute Gasteiger partial charge is 0.0494 e. The summed E-state index contributed by atoms with van der Waals surface area (Å²) in [6.45, 7) is 10.1. The molecule has 0 aliphatic heterocycles. The molecule has 2 nitrogen and oxygen atoms in total. The maximum atomic E-state index is 9.19. The number of aliphatic hydroxyl groups excluding tert-OH is 1. The van der Waals surface area contributed by atoms with E-state index >= 15 is 0 Å². The van der Waals surface area contributed by atoms with Crippen LogP contribution in [-0.2, 0) is 0 Å². The Morgan fingerprint density at radius 1 is 1.13 bits per heavy atom. The molecule has 0 saturated heterocycles. The molecule has 15 heavy (non-hydrogen) atoms. The van der Waals surface area contributed by atoms with E-state index in [2.05, 4.69) is 33.0 Å². The van der Waals surface area contributed by atoms with Gasteiger partial charge in [0.25, 0.3) is 0 Å². The Balaban J connectivity index is 2.32. The molecule has 2 unspecified atom stereocenters. The highest BCUT2D eigenvalue weighted by molar-refractivity contribution is 4.81. The zero-order chi connectivity index (χ0) is 11.5. The lowest BCUT2D eigenvalue weighted by atomic mass is 9.80. The quantitative estimate of drug-likeness (QED) is 0.751. The van der Waals surface area contributed by atoms with Crippen molar-refractivity contribution in [1.82, 2.24) is 5.32 Å². The van der Waals surface area contributed by atoms with Crippen LogP contribution < -0.4 is 5.32 Å². The van der Waals surface area contributed by atoms with E-state index < -0.39 is 0 Å². The SMILES string of the molecule is CC1CC(C)CC(NCC(C)(C)CO)C1. The molecule has 1 aliphatic rings. The lowest BCUT2D eigenvalue weighted by Gasteiger charge is -2.34. The van der Waals surface area contributed by atoms with E-state index in [-0.39, 0.29) is 12.0 Å². The molecule has 2 atom stereocenters. The predicted molar refractivity (Wildman–Crippen MR) is 64.8 cm³/mol. The summed E-state index contributed by atoms with van der Waals surface area (Å²) in [5.41, 5.74) is 0.0178. The van der Waals surface area contributed by atoms with Gasteiger partial charge in [-0.1, -0.05) is 27.7 Å². The fraction of sp³-hybridized carbons (Fsp3) is 1.00. The molecule has 0 aromatic rings. The molecule has 2 heteroatoms. The molecule has 0 aromatic heterocycles. The van der Waals surface area contributed by atoms with Crippen LogP contribution in [0.3, 0.4) is 0 Å². The van der Waals surface area contributed by atoms with E-state index in [4.69, 9.17) is 0 Å². The van der Waals surface area contributed by atoms with Crippen molar-refractivity contribution < 1.29 is 5.11 Å². The molecule has 0 aromatic carbocycles. The number of hydrogen-bond donors (Lipinski definition) is 2. The van der Waals surface area contributed by atoms with Crippen molar-refractivity contribution in [3.63, 3.8) is 0 Å². The topological polar surface area (TPSA) is 32.3 Å². The summed E-state index contributed by atoms with van der Waals surface area (Å²) < 4.78 is 0. The summed E-state index contributed by atoms with van der Waals surface area (Å²) in [5.74, 6) is 1.70. The van der Waals surface area contributed by atoms with Crippen LogP contribution in [0.25, 0.3) is 0 Å². The largest absolute Gasteiger partial charge is 0.396 e. The van der Waals surface area contributed by atoms with Gasteiger partial charge in [0, 0.05) is 24.6 Å². The van der Waals surface area contributed by atoms with Gasteiger partial charge in [-0.2, -0.15) is 0 Å². The Labute approximate surface area is 94.5 Å². The van der Waals surface area contributed by atoms with E-state index in [0.29, 0.717) is 6.04 Å². The molecule has 1 rings (SSSR count). The van der Waals surface area contributed by atoms with E-state index in [0.717, 1.165) is 18.4 Å². The predicted octanol–water partition coefficient (Wildman–Crippen LogP) is 2.42. The zero-order valence-corrected chi connectivity index (χ0v) is 10.7. The first-order valence-corrected chi connectivity index (χ1v) is 6.27. The van der Waals surface area contributed by atoms with Gasteiger partial charge in [0.1, 0.15) is 0 Å². The van der Waals surface area contributed by atoms with Crippen molar-refractivity contribution in [2.24, 2.45) is 17.3 Å². The fourth-order valence-corrected chi connectivity index (χ4v) is 2.59. The lowest BCUT2D eigenvalue weighted by molar-refractivity contribution is 0.142. The van der Waals surface area contributed by atoms with E-state index in [9.17, 15) is 5.11 Å². The van der Waals surface area contributed by atoms with Gasteiger partial charge in [-0.05, 0) is 31.1 Å². The Morgan fingerprint density at radius 3 is 2.13 bits per heavy atom. The van der Waals surface area contributed by atoms with Gasteiger partial charge < -0.3 is 10.4 Å². The average Bonchev–Trinajstić information content (AvgIpc) is 2.14. The van der Waals surface area contributed by atoms with E-state index in [1.54, 1.807) is 0 Å². The van der Waals surface area contributed by atoms with Crippen LogP contribution in [-0.4, -0.2) is 24.3 Å². The summed E-state index contributed by atoms with van der Waals surface area (Å²) in [6.07, 6.45) is 3.97. The van der Waals surface area contributed by atoms with Crippen molar-refractivity contribution in [1.29, 1.82) is 0 Å². The van der Waals surface area contributed by atoms with Gasteiger partial charge in [0.2, 0.25) is 0 Å². The minimum absolute atomic E-state index is 0.0178. The first kappa shape index (κ1) is 13.0. The molecular weight excluding hydrogens is 186 g/mol. The van der Waals surface area contributed by atoms with Crippen LogP contribution >= 0.6 is 0 Å². The maximum absolute atomic E-state index is 9.19. The average molecular weight is 213 g/mol. The number of nitrogens with one attached hydrogen (secondary N) is 1. The van der Waals surface area contributed by atoms with Crippen LogP contribution in [0.1, 0.15) is 47.0 Å². The first-order valence-electron chi connectivity index (χ1n) is 6.27. The van der Waals surface area contributed by atoms with Gasteiger partial charge in [-0.15, -0.1) is 0 Å². The number of hydrogen-bond acceptors (Lipinski definition) is 2. The summed E-state index contributed by atoms with van der Waals surface area (Å²) in [5, 5.41) is 12.8. The highest BCUT2D eigenvalue weighted by Crippen LogP contribution is 2.28.